The van der Waals surface area contributed by atoms with E-state index >= 15 is 0 Å². The second kappa shape index (κ2) is 6.72. The Morgan fingerprint density at radius 2 is 2.00 bits per heavy atom. The first-order valence-electron chi connectivity index (χ1n) is 7.14. The molecule has 0 amide bonds. The number of methoxy groups -OCH3 is 1. The minimum Gasteiger partial charge on any atom is -0.496 e. The van der Waals surface area contributed by atoms with E-state index < -0.39 is 5.97 Å². The molecule has 1 aliphatic heterocycles. The molecule has 1 fully saturated rings. The van der Waals surface area contributed by atoms with Crippen LogP contribution in [0.3, 0.4) is 0 Å². The zero-order valence-corrected chi connectivity index (χ0v) is 12.5. The molecule has 1 aliphatic rings. The van der Waals surface area contributed by atoms with E-state index in [4.69, 9.17) is 9.84 Å². The monoisotopic (exact) mass is 291 g/mol. The quantitative estimate of drug-likeness (QED) is 0.840. The number of carbonyl (C=O) groups is 2. The first-order valence-corrected chi connectivity index (χ1v) is 7.14. The zero-order valence-electron chi connectivity index (χ0n) is 12.5. The fraction of sp³-hybridized carbons (Fsp3) is 0.500. The molecule has 0 unspecified atom stereocenters. The standard InChI is InChI=1S/C16H21NO4/c1-11-9-13(3-4-14(11)21-2)16(20)12-5-7-17(8-6-12)10-15(18)19/h3-4,9,12H,5-8,10H2,1-2H3,(H,18,19). The van der Waals surface area contributed by atoms with Crippen molar-refractivity contribution in [3.05, 3.63) is 29.3 Å². The Labute approximate surface area is 124 Å². The molecule has 1 aromatic carbocycles. The summed E-state index contributed by atoms with van der Waals surface area (Å²) in [4.78, 5) is 25.1. The topological polar surface area (TPSA) is 66.8 Å². The van der Waals surface area contributed by atoms with Crippen molar-refractivity contribution >= 4 is 11.8 Å². The van der Waals surface area contributed by atoms with E-state index in [2.05, 4.69) is 0 Å². The van der Waals surface area contributed by atoms with Crippen molar-refractivity contribution < 1.29 is 19.4 Å². The van der Waals surface area contributed by atoms with Crippen LogP contribution >= 0.6 is 0 Å². The maximum absolute atomic E-state index is 12.5. The summed E-state index contributed by atoms with van der Waals surface area (Å²) in [5.74, 6) is 0.104. The number of aryl methyl sites for hydroxylation is 1. The van der Waals surface area contributed by atoms with Gasteiger partial charge >= 0.3 is 5.97 Å². The lowest BCUT2D eigenvalue weighted by Gasteiger charge is -2.30. The van der Waals surface area contributed by atoms with Gasteiger partial charge in [-0.1, -0.05) is 0 Å². The average Bonchev–Trinajstić information content (AvgIpc) is 2.46. The summed E-state index contributed by atoms with van der Waals surface area (Å²) >= 11 is 0. The molecule has 0 atom stereocenters. The number of Topliss-reactive ketones (excluding diaryl/α,β-unsaturated/α-hetero) is 1. The van der Waals surface area contributed by atoms with E-state index in [0.717, 1.165) is 24.2 Å². The van der Waals surface area contributed by atoms with Crippen LogP contribution < -0.4 is 4.74 Å². The summed E-state index contributed by atoms with van der Waals surface area (Å²) in [6.45, 7) is 3.31. The van der Waals surface area contributed by atoms with Crippen LogP contribution in [-0.2, 0) is 4.79 Å². The summed E-state index contributed by atoms with van der Waals surface area (Å²) in [6, 6.07) is 5.49. The molecule has 1 heterocycles. The number of nitrogens with zero attached hydrogens (tertiary/aromatic N) is 1. The summed E-state index contributed by atoms with van der Waals surface area (Å²) in [6.07, 6.45) is 1.44. The molecule has 0 saturated carbocycles. The highest BCUT2D eigenvalue weighted by molar-refractivity contribution is 5.98. The molecule has 0 bridgehead atoms. The number of benzene rings is 1. The van der Waals surface area contributed by atoms with Gasteiger partial charge in [-0.25, -0.2) is 0 Å². The molecule has 1 aromatic rings. The van der Waals surface area contributed by atoms with Crippen LogP contribution in [0, 0.1) is 12.8 Å². The maximum Gasteiger partial charge on any atom is 0.317 e. The molecule has 114 valence electrons. The molecule has 1 saturated heterocycles. The Kier molecular flexibility index (Phi) is 4.96. The van der Waals surface area contributed by atoms with Gasteiger partial charge in [0.15, 0.2) is 5.78 Å². The predicted molar refractivity (Wildman–Crippen MR) is 78.9 cm³/mol. The summed E-state index contributed by atoms with van der Waals surface area (Å²) < 4.78 is 5.20. The lowest BCUT2D eigenvalue weighted by molar-refractivity contribution is -0.138. The first kappa shape index (κ1) is 15.5. The molecular weight excluding hydrogens is 270 g/mol. The third-order valence-corrected chi connectivity index (χ3v) is 4.00. The van der Waals surface area contributed by atoms with Crippen molar-refractivity contribution in [3.8, 4) is 5.75 Å². The van der Waals surface area contributed by atoms with Gasteiger partial charge in [-0.2, -0.15) is 0 Å². The van der Waals surface area contributed by atoms with E-state index in [1.165, 1.54) is 0 Å². The van der Waals surface area contributed by atoms with Gasteiger partial charge < -0.3 is 9.84 Å². The van der Waals surface area contributed by atoms with Gasteiger partial charge in [-0.05, 0) is 56.6 Å². The summed E-state index contributed by atoms with van der Waals surface area (Å²) in [5, 5.41) is 8.78. The highest BCUT2D eigenvalue weighted by atomic mass is 16.5. The molecule has 0 aliphatic carbocycles. The number of rotatable bonds is 5. The number of ether oxygens (including phenoxy) is 1. The van der Waals surface area contributed by atoms with Gasteiger partial charge in [0, 0.05) is 11.5 Å². The number of hydrogen-bond donors (Lipinski definition) is 1. The lowest BCUT2D eigenvalue weighted by atomic mass is 9.88. The average molecular weight is 291 g/mol. The van der Waals surface area contributed by atoms with Crippen LogP contribution in [0.4, 0.5) is 0 Å². The predicted octanol–water partition coefficient (Wildman–Crippen LogP) is 1.98. The van der Waals surface area contributed by atoms with E-state index in [1.807, 2.05) is 24.0 Å². The normalized spacial score (nSPS) is 16.7. The van der Waals surface area contributed by atoms with Crippen LogP contribution in [-0.4, -0.2) is 48.5 Å². The van der Waals surface area contributed by atoms with Gasteiger partial charge in [0.05, 0.1) is 13.7 Å². The van der Waals surface area contributed by atoms with Gasteiger partial charge in [0.25, 0.3) is 0 Å². The van der Waals surface area contributed by atoms with E-state index in [0.29, 0.717) is 18.7 Å². The number of carboxylic acids is 1. The molecule has 2 rings (SSSR count). The number of hydrogen-bond acceptors (Lipinski definition) is 4. The van der Waals surface area contributed by atoms with Crippen molar-refractivity contribution in [1.82, 2.24) is 4.90 Å². The van der Waals surface area contributed by atoms with Crippen molar-refractivity contribution in [1.29, 1.82) is 0 Å². The second-order valence-electron chi connectivity index (χ2n) is 5.49. The van der Waals surface area contributed by atoms with Crippen molar-refractivity contribution in [2.45, 2.75) is 19.8 Å². The maximum atomic E-state index is 12.5. The first-order chi connectivity index (χ1) is 10.0. The largest absolute Gasteiger partial charge is 0.496 e. The number of aliphatic carboxylic acids is 1. The molecule has 0 radical (unpaired) electrons. The van der Waals surface area contributed by atoms with Gasteiger partial charge in [-0.15, -0.1) is 0 Å². The number of carbonyl (C=O) groups excluding carboxylic acids is 1. The van der Waals surface area contributed by atoms with Crippen molar-refractivity contribution in [2.75, 3.05) is 26.7 Å². The van der Waals surface area contributed by atoms with Crippen LogP contribution in [0.2, 0.25) is 0 Å². The van der Waals surface area contributed by atoms with Crippen LogP contribution in [0.15, 0.2) is 18.2 Å². The molecule has 5 nitrogen and oxygen atoms in total. The van der Waals surface area contributed by atoms with Gasteiger partial charge in [0.2, 0.25) is 0 Å². The third kappa shape index (κ3) is 3.82. The number of carboxylic acid groups (broad SMARTS) is 1. The molecular formula is C16H21NO4. The molecule has 21 heavy (non-hydrogen) atoms. The van der Waals surface area contributed by atoms with E-state index in [-0.39, 0.29) is 18.2 Å². The smallest absolute Gasteiger partial charge is 0.317 e. The molecule has 1 N–H and O–H groups in total. The number of ketones is 1. The van der Waals surface area contributed by atoms with Crippen LogP contribution in [0.25, 0.3) is 0 Å². The van der Waals surface area contributed by atoms with Crippen LogP contribution in [0.5, 0.6) is 5.75 Å². The van der Waals surface area contributed by atoms with Crippen molar-refractivity contribution in [3.63, 3.8) is 0 Å². The molecule has 0 spiro atoms. The van der Waals surface area contributed by atoms with E-state index in [1.54, 1.807) is 13.2 Å². The fourth-order valence-corrected chi connectivity index (χ4v) is 2.81. The van der Waals surface area contributed by atoms with Gasteiger partial charge in [-0.3, -0.25) is 14.5 Å². The summed E-state index contributed by atoms with van der Waals surface area (Å²) in [7, 11) is 1.61. The minimum atomic E-state index is -0.814. The molecule has 5 heteroatoms. The van der Waals surface area contributed by atoms with Crippen LogP contribution in [0.1, 0.15) is 28.8 Å². The number of likely N-dealkylation sites (tertiary alicyclic amines) is 1. The zero-order chi connectivity index (χ0) is 15.4. The molecule has 0 aromatic heterocycles. The highest BCUT2D eigenvalue weighted by Crippen LogP contribution is 2.25. The van der Waals surface area contributed by atoms with Gasteiger partial charge in [0.1, 0.15) is 5.75 Å². The minimum absolute atomic E-state index is 0.0113. The Hall–Kier alpha value is -1.88. The Balaban J connectivity index is 1.98. The third-order valence-electron chi connectivity index (χ3n) is 4.00. The fourth-order valence-electron chi connectivity index (χ4n) is 2.81. The SMILES string of the molecule is COc1ccc(C(=O)C2CCN(CC(=O)O)CC2)cc1C. The summed E-state index contributed by atoms with van der Waals surface area (Å²) in [5.41, 5.74) is 1.66. The lowest BCUT2D eigenvalue weighted by Crippen LogP contribution is -2.39. The second-order valence-corrected chi connectivity index (χ2v) is 5.49. The van der Waals surface area contributed by atoms with Crippen molar-refractivity contribution in [2.24, 2.45) is 5.92 Å². The Morgan fingerprint density at radius 3 is 2.52 bits per heavy atom. The Morgan fingerprint density at radius 1 is 1.33 bits per heavy atom. The highest BCUT2D eigenvalue weighted by Gasteiger charge is 2.26. The Bertz CT molecular complexity index is 533. The van der Waals surface area contributed by atoms with E-state index in [9.17, 15) is 9.59 Å². The number of piperidine rings is 1.